The molecule has 0 spiro atoms. The highest BCUT2D eigenvalue weighted by Crippen LogP contribution is 2.31. The summed E-state index contributed by atoms with van der Waals surface area (Å²) in [7, 11) is 0. The van der Waals surface area contributed by atoms with E-state index in [0.717, 1.165) is 19.1 Å². The number of carbonyl (C=O) groups excluding carboxylic acids is 1. The summed E-state index contributed by atoms with van der Waals surface area (Å²) in [5.41, 5.74) is 0. The van der Waals surface area contributed by atoms with Gasteiger partial charge in [0.05, 0.1) is 13.2 Å². The number of nitrogens with one attached hydrogen (secondary N) is 1. The van der Waals surface area contributed by atoms with Crippen molar-refractivity contribution >= 4 is 5.91 Å². The Kier molecular flexibility index (Phi) is 1.99. The van der Waals surface area contributed by atoms with Crippen molar-refractivity contribution in [3.05, 3.63) is 0 Å². The number of fused-ring (bicyclic) bond motifs is 3. The van der Waals surface area contributed by atoms with Crippen molar-refractivity contribution in [2.45, 2.75) is 18.9 Å². The monoisotopic (exact) mass is 195 g/mol. The third-order valence-electron chi connectivity index (χ3n) is 3.90. The molecule has 0 saturated carbocycles. The fourth-order valence-electron chi connectivity index (χ4n) is 3.06. The van der Waals surface area contributed by atoms with Crippen LogP contribution in [0.5, 0.6) is 0 Å². The quantitative estimate of drug-likeness (QED) is 0.611. The maximum atomic E-state index is 11.6. The lowest BCUT2D eigenvalue weighted by atomic mass is 9.83. The summed E-state index contributed by atoms with van der Waals surface area (Å²) in [6.07, 6.45) is 2.57. The molecular weight excluding hydrogens is 178 g/mol. The van der Waals surface area contributed by atoms with Crippen LogP contribution in [-0.2, 0) is 4.79 Å². The highest BCUT2D eigenvalue weighted by atomic mass is 16.2. The van der Waals surface area contributed by atoms with E-state index in [4.69, 9.17) is 0 Å². The topological polar surface area (TPSA) is 35.6 Å². The fourth-order valence-corrected chi connectivity index (χ4v) is 3.06. The van der Waals surface area contributed by atoms with Gasteiger partial charge in [-0.3, -0.25) is 10.1 Å². The Morgan fingerprint density at radius 3 is 2.57 bits per heavy atom. The Balaban J connectivity index is 1.75. The molecule has 4 rings (SSSR count). The van der Waals surface area contributed by atoms with Crippen LogP contribution in [0.2, 0.25) is 0 Å². The van der Waals surface area contributed by atoms with Gasteiger partial charge >= 0.3 is 0 Å². The van der Waals surface area contributed by atoms with Gasteiger partial charge in [0.1, 0.15) is 0 Å². The third kappa shape index (κ3) is 1.25. The van der Waals surface area contributed by atoms with Crippen molar-refractivity contribution in [3.63, 3.8) is 0 Å². The van der Waals surface area contributed by atoms with E-state index in [-0.39, 0.29) is 0 Å². The second-order valence-electron chi connectivity index (χ2n) is 4.65. The summed E-state index contributed by atoms with van der Waals surface area (Å²) >= 11 is 0. The summed E-state index contributed by atoms with van der Waals surface area (Å²) in [6, 6.07) is 0.500. The van der Waals surface area contributed by atoms with E-state index < -0.39 is 0 Å². The van der Waals surface area contributed by atoms with Gasteiger partial charge < -0.3 is 9.80 Å². The lowest BCUT2D eigenvalue weighted by Gasteiger charge is -2.47. The second-order valence-corrected chi connectivity index (χ2v) is 4.65. The highest BCUT2D eigenvalue weighted by molar-refractivity contribution is 5.80. The van der Waals surface area contributed by atoms with Gasteiger partial charge in [-0.1, -0.05) is 0 Å². The predicted octanol–water partition coefficient (Wildman–Crippen LogP) is -0.530. The Bertz CT molecular complexity index is 248. The molecule has 4 heterocycles. The molecule has 4 aliphatic rings. The molecule has 2 bridgehead atoms. The smallest absolute Gasteiger partial charge is 0.237 e. The summed E-state index contributed by atoms with van der Waals surface area (Å²) in [5.74, 6) is 1.06. The minimum atomic E-state index is 0.295. The van der Waals surface area contributed by atoms with Crippen LogP contribution < -0.4 is 5.32 Å². The summed E-state index contributed by atoms with van der Waals surface area (Å²) in [5, 5.41) is 3.14. The summed E-state index contributed by atoms with van der Waals surface area (Å²) in [6.45, 7) is 4.92. The number of amides is 1. The van der Waals surface area contributed by atoms with Crippen LogP contribution in [0.1, 0.15) is 12.8 Å². The van der Waals surface area contributed by atoms with Crippen molar-refractivity contribution in [2.75, 3.05) is 32.8 Å². The molecule has 14 heavy (non-hydrogen) atoms. The van der Waals surface area contributed by atoms with Gasteiger partial charge in [-0.15, -0.1) is 0 Å². The average Bonchev–Trinajstić information content (AvgIpc) is 2.66. The molecule has 1 N–H and O–H groups in total. The van der Waals surface area contributed by atoms with Gasteiger partial charge in [-0.2, -0.15) is 0 Å². The Morgan fingerprint density at radius 2 is 2.07 bits per heavy atom. The second kappa shape index (κ2) is 3.21. The van der Waals surface area contributed by atoms with E-state index >= 15 is 0 Å². The normalized spacial score (nSPS) is 42.1. The zero-order chi connectivity index (χ0) is 9.54. The first-order valence-electron chi connectivity index (χ1n) is 5.57. The van der Waals surface area contributed by atoms with Gasteiger partial charge in [0.2, 0.25) is 5.91 Å². The Labute approximate surface area is 84.2 Å². The molecule has 1 atom stereocenters. The van der Waals surface area contributed by atoms with Crippen LogP contribution in [0, 0.1) is 5.92 Å². The van der Waals surface area contributed by atoms with Gasteiger partial charge in [-0.25, -0.2) is 0 Å². The number of piperidine rings is 3. The molecule has 0 aromatic carbocycles. The average molecular weight is 195 g/mol. The molecule has 0 radical (unpaired) electrons. The molecule has 78 valence electrons. The molecule has 4 aliphatic heterocycles. The molecule has 0 aromatic rings. The van der Waals surface area contributed by atoms with E-state index in [1.54, 1.807) is 0 Å². The maximum absolute atomic E-state index is 11.6. The molecule has 1 unspecified atom stereocenters. The predicted molar refractivity (Wildman–Crippen MR) is 52.7 cm³/mol. The minimum Gasteiger partial charge on any atom is -0.324 e. The molecule has 0 aliphatic carbocycles. The van der Waals surface area contributed by atoms with Crippen molar-refractivity contribution < 1.29 is 4.79 Å². The van der Waals surface area contributed by atoms with Crippen LogP contribution in [0.4, 0.5) is 0 Å². The first kappa shape index (κ1) is 8.68. The number of carbonyl (C=O) groups is 1. The van der Waals surface area contributed by atoms with E-state index in [0.29, 0.717) is 18.5 Å². The van der Waals surface area contributed by atoms with Crippen LogP contribution in [0.25, 0.3) is 0 Å². The zero-order valence-electron chi connectivity index (χ0n) is 8.41. The molecular formula is C10H17N3O. The zero-order valence-corrected chi connectivity index (χ0v) is 8.41. The van der Waals surface area contributed by atoms with Crippen LogP contribution in [0.3, 0.4) is 0 Å². The standard InChI is InChI=1S/C10H17N3O/c14-10-5-11-7-13(10)9-6-12-3-1-8(9)2-4-12/h8-9,11H,1-7H2. The molecule has 1 amide bonds. The van der Waals surface area contributed by atoms with Gasteiger partial charge in [0.15, 0.2) is 0 Å². The Hall–Kier alpha value is -0.610. The molecule has 4 fully saturated rings. The lowest BCUT2D eigenvalue weighted by Crippen LogP contribution is -2.57. The van der Waals surface area contributed by atoms with E-state index in [2.05, 4.69) is 15.1 Å². The molecule has 4 saturated heterocycles. The van der Waals surface area contributed by atoms with Crippen molar-refractivity contribution in [3.8, 4) is 0 Å². The lowest BCUT2D eigenvalue weighted by molar-refractivity contribution is -0.132. The van der Waals surface area contributed by atoms with Gasteiger partial charge in [-0.05, 0) is 31.8 Å². The maximum Gasteiger partial charge on any atom is 0.237 e. The van der Waals surface area contributed by atoms with Crippen LogP contribution >= 0.6 is 0 Å². The van der Waals surface area contributed by atoms with E-state index in [1.807, 2.05) is 0 Å². The SMILES string of the molecule is O=C1CNCN1C1CN2CCC1CC2. The first-order chi connectivity index (χ1) is 6.84. The van der Waals surface area contributed by atoms with Crippen molar-refractivity contribution in [1.82, 2.24) is 15.1 Å². The van der Waals surface area contributed by atoms with Gasteiger partial charge in [0, 0.05) is 12.6 Å². The van der Waals surface area contributed by atoms with Crippen LogP contribution in [-0.4, -0.2) is 54.6 Å². The number of hydrogen-bond acceptors (Lipinski definition) is 3. The third-order valence-corrected chi connectivity index (χ3v) is 3.90. The van der Waals surface area contributed by atoms with E-state index in [9.17, 15) is 4.79 Å². The minimum absolute atomic E-state index is 0.295. The summed E-state index contributed by atoms with van der Waals surface area (Å²) < 4.78 is 0. The van der Waals surface area contributed by atoms with Gasteiger partial charge in [0.25, 0.3) is 0 Å². The van der Waals surface area contributed by atoms with Crippen molar-refractivity contribution in [1.29, 1.82) is 0 Å². The number of rotatable bonds is 1. The fraction of sp³-hybridized carbons (Fsp3) is 0.900. The highest BCUT2D eigenvalue weighted by Gasteiger charge is 2.40. The van der Waals surface area contributed by atoms with E-state index in [1.165, 1.54) is 25.9 Å². The summed E-state index contributed by atoms with van der Waals surface area (Å²) in [4.78, 5) is 16.1. The molecule has 4 nitrogen and oxygen atoms in total. The Morgan fingerprint density at radius 1 is 1.29 bits per heavy atom. The molecule has 4 heteroatoms. The number of nitrogens with zero attached hydrogens (tertiary/aromatic N) is 2. The first-order valence-corrected chi connectivity index (χ1v) is 5.57. The number of hydrogen-bond donors (Lipinski definition) is 1. The largest absolute Gasteiger partial charge is 0.324 e. The van der Waals surface area contributed by atoms with Crippen molar-refractivity contribution in [2.24, 2.45) is 5.92 Å². The molecule has 0 aromatic heterocycles. The van der Waals surface area contributed by atoms with Crippen LogP contribution in [0.15, 0.2) is 0 Å².